The van der Waals surface area contributed by atoms with Gasteiger partial charge in [-0.25, -0.2) is 4.79 Å². The van der Waals surface area contributed by atoms with E-state index < -0.39 is 34.8 Å². The fourth-order valence-electron chi connectivity index (χ4n) is 4.63. The molecule has 1 aromatic heterocycles. The summed E-state index contributed by atoms with van der Waals surface area (Å²) in [5.74, 6) is -1.16. The van der Waals surface area contributed by atoms with E-state index in [9.17, 15) is 27.9 Å². The molecule has 7 nitrogen and oxygen atoms in total. The highest BCUT2D eigenvalue weighted by molar-refractivity contribution is 6.32. The molecule has 190 valence electrons. The molecule has 4 rings (SSSR count). The van der Waals surface area contributed by atoms with Crippen LogP contribution in [0.15, 0.2) is 18.2 Å². The molecule has 1 aliphatic heterocycles. The first-order valence-corrected chi connectivity index (χ1v) is 12.1. The van der Waals surface area contributed by atoms with Crippen LogP contribution in [0.1, 0.15) is 66.8 Å². The highest BCUT2D eigenvalue weighted by atomic mass is 35.5. The number of halogens is 4. The molecular weight excluding hydrogens is 485 g/mol. The summed E-state index contributed by atoms with van der Waals surface area (Å²) < 4.78 is 41.1. The van der Waals surface area contributed by atoms with Gasteiger partial charge in [0.2, 0.25) is 5.91 Å². The second-order valence-corrected chi connectivity index (χ2v) is 9.98. The molecule has 1 aliphatic carbocycles. The molecule has 2 atom stereocenters. The van der Waals surface area contributed by atoms with E-state index in [0.717, 1.165) is 49.1 Å². The van der Waals surface area contributed by atoms with Gasteiger partial charge in [0.15, 0.2) is 5.69 Å². The van der Waals surface area contributed by atoms with Gasteiger partial charge in [-0.2, -0.15) is 18.3 Å². The van der Waals surface area contributed by atoms with Crippen molar-refractivity contribution in [1.82, 2.24) is 9.78 Å². The van der Waals surface area contributed by atoms with Crippen LogP contribution in [0.4, 0.5) is 24.5 Å². The summed E-state index contributed by atoms with van der Waals surface area (Å²) in [4.78, 5) is 27.4. The minimum absolute atomic E-state index is 0.0350. The van der Waals surface area contributed by atoms with Gasteiger partial charge in [0.25, 0.3) is 0 Å². The largest absolute Gasteiger partial charge is 0.478 e. The number of aromatic carboxylic acids is 1. The van der Waals surface area contributed by atoms with Crippen LogP contribution >= 0.6 is 11.6 Å². The Hall–Kier alpha value is -2.75. The summed E-state index contributed by atoms with van der Waals surface area (Å²) in [5.41, 5.74) is -0.440. The lowest BCUT2D eigenvalue weighted by Gasteiger charge is -2.33. The third-order valence-electron chi connectivity index (χ3n) is 6.71. The first kappa shape index (κ1) is 25.3. The number of hydrogen-bond donors (Lipinski definition) is 2. The Kier molecular flexibility index (Phi) is 7.04. The van der Waals surface area contributed by atoms with Crippen LogP contribution in [-0.4, -0.2) is 39.9 Å². The van der Waals surface area contributed by atoms with Crippen molar-refractivity contribution >= 4 is 34.9 Å². The molecular formula is C24H28ClF3N4O3. The maximum atomic E-state index is 13.4. The van der Waals surface area contributed by atoms with Crippen molar-refractivity contribution in [3.05, 3.63) is 40.2 Å². The number of aromatic nitrogens is 2. The summed E-state index contributed by atoms with van der Waals surface area (Å²) >= 11 is 5.91. The molecule has 1 aromatic carbocycles. The fourth-order valence-corrected chi connectivity index (χ4v) is 4.86. The number of rotatable bonds is 7. The summed E-state index contributed by atoms with van der Waals surface area (Å²) in [6.45, 7) is 5.16. The standard InChI is InChI=1S/C24H28ClF3N4O3/c1-13-4-3-9-31(12-13)16-7-8-18(17(11-16)23(34)35)29-22(33)19(10-15-5-6-15)32-14(2)20(25)21(30-32)24(26,27)28/h7-8,11,13,15,19H,3-6,9-10,12H2,1-2H3,(H,29,33)(H,34,35)/t13-,19+/m1/s1. The molecule has 35 heavy (non-hydrogen) atoms. The Morgan fingerprint density at radius 3 is 2.57 bits per heavy atom. The molecule has 2 N–H and O–H groups in total. The molecule has 0 radical (unpaired) electrons. The van der Waals surface area contributed by atoms with Gasteiger partial charge in [0.05, 0.1) is 22.0 Å². The van der Waals surface area contributed by atoms with E-state index in [1.165, 1.54) is 19.1 Å². The zero-order valence-corrected chi connectivity index (χ0v) is 20.3. The zero-order valence-electron chi connectivity index (χ0n) is 19.5. The fraction of sp³-hybridized carbons (Fsp3) is 0.542. The van der Waals surface area contributed by atoms with Gasteiger partial charge < -0.3 is 15.3 Å². The highest BCUT2D eigenvalue weighted by Gasteiger charge is 2.41. The van der Waals surface area contributed by atoms with Crippen LogP contribution in [0.2, 0.25) is 5.02 Å². The number of nitrogens with zero attached hydrogens (tertiary/aromatic N) is 3. The maximum Gasteiger partial charge on any atom is 0.436 e. The van der Waals surface area contributed by atoms with Crippen molar-refractivity contribution in [3.63, 3.8) is 0 Å². The van der Waals surface area contributed by atoms with E-state index >= 15 is 0 Å². The first-order chi connectivity index (χ1) is 16.5. The second-order valence-electron chi connectivity index (χ2n) is 9.60. The van der Waals surface area contributed by atoms with E-state index in [0.29, 0.717) is 5.92 Å². The first-order valence-electron chi connectivity index (χ1n) is 11.7. The van der Waals surface area contributed by atoms with Gasteiger partial charge in [0.1, 0.15) is 6.04 Å². The van der Waals surface area contributed by atoms with Crippen LogP contribution < -0.4 is 10.2 Å². The summed E-state index contributed by atoms with van der Waals surface area (Å²) in [6.07, 6.45) is -0.608. The third kappa shape index (κ3) is 5.58. The van der Waals surface area contributed by atoms with Crippen LogP contribution in [0.25, 0.3) is 0 Å². The lowest BCUT2D eigenvalue weighted by Crippen LogP contribution is -2.34. The van der Waals surface area contributed by atoms with Gasteiger partial charge in [-0.05, 0) is 56.2 Å². The van der Waals surface area contributed by atoms with E-state index in [1.807, 2.05) is 0 Å². The van der Waals surface area contributed by atoms with E-state index in [1.54, 1.807) is 6.07 Å². The number of benzene rings is 1. The number of nitrogens with one attached hydrogen (secondary N) is 1. The van der Waals surface area contributed by atoms with Crippen molar-refractivity contribution in [3.8, 4) is 0 Å². The predicted molar refractivity (Wildman–Crippen MR) is 126 cm³/mol. The lowest BCUT2D eigenvalue weighted by atomic mass is 9.99. The molecule has 1 saturated carbocycles. The average Bonchev–Trinajstić information content (AvgIpc) is 3.56. The number of carbonyl (C=O) groups excluding carboxylic acids is 1. The molecule has 1 saturated heterocycles. The predicted octanol–water partition coefficient (Wildman–Crippen LogP) is 5.78. The molecule has 11 heteroatoms. The number of carboxylic acids is 1. The number of amides is 1. The van der Waals surface area contributed by atoms with Gasteiger partial charge in [-0.3, -0.25) is 9.48 Å². The molecule has 0 bridgehead atoms. The molecule has 2 aliphatic rings. The van der Waals surface area contributed by atoms with Crippen LogP contribution in [-0.2, 0) is 11.0 Å². The van der Waals surface area contributed by atoms with E-state index in [4.69, 9.17) is 11.6 Å². The Morgan fingerprint density at radius 1 is 1.29 bits per heavy atom. The number of carbonyl (C=O) groups is 2. The molecule has 1 amide bonds. The van der Waals surface area contributed by atoms with Crippen molar-refractivity contribution in [1.29, 1.82) is 0 Å². The van der Waals surface area contributed by atoms with E-state index in [-0.39, 0.29) is 29.3 Å². The van der Waals surface area contributed by atoms with Gasteiger partial charge in [0, 0.05) is 18.8 Å². The SMILES string of the molecule is Cc1c(Cl)c(C(F)(F)F)nn1[C@@H](CC1CC1)C(=O)Nc1ccc(N2CCC[C@@H](C)C2)cc1C(=O)O. The molecule has 0 unspecified atom stereocenters. The summed E-state index contributed by atoms with van der Waals surface area (Å²) in [5, 5.41) is 15.5. The molecule has 2 heterocycles. The smallest absolute Gasteiger partial charge is 0.436 e. The van der Waals surface area contributed by atoms with Crippen molar-refractivity contribution in [2.24, 2.45) is 11.8 Å². The number of alkyl halides is 3. The Balaban J connectivity index is 1.63. The van der Waals surface area contributed by atoms with Crippen LogP contribution in [0, 0.1) is 18.8 Å². The number of hydrogen-bond acceptors (Lipinski definition) is 4. The quantitative estimate of drug-likeness (QED) is 0.491. The Bertz CT molecular complexity index is 1130. The topological polar surface area (TPSA) is 87.5 Å². The number of anilines is 2. The molecule has 2 aromatic rings. The summed E-state index contributed by atoms with van der Waals surface area (Å²) in [7, 11) is 0. The minimum Gasteiger partial charge on any atom is -0.478 e. The van der Waals surface area contributed by atoms with Crippen molar-refractivity contribution in [2.75, 3.05) is 23.3 Å². The molecule has 0 spiro atoms. The van der Waals surface area contributed by atoms with Gasteiger partial charge >= 0.3 is 12.1 Å². The average molecular weight is 513 g/mol. The minimum atomic E-state index is -4.76. The van der Waals surface area contributed by atoms with Crippen LogP contribution in [0.5, 0.6) is 0 Å². The monoisotopic (exact) mass is 512 g/mol. The lowest BCUT2D eigenvalue weighted by molar-refractivity contribution is -0.141. The van der Waals surface area contributed by atoms with Crippen molar-refractivity contribution < 1.29 is 27.9 Å². The number of piperidine rings is 1. The highest BCUT2D eigenvalue weighted by Crippen LogP contribution is 2.41. The normalized spacial score (nSPS) is 19.5. The van der Waals surface area contributed by atoms with Gasteiger partial charge in [-0.1, -0.05) is 31.4 Å². The summed E-state index contributed by atoms with van der Waals surface area (Å²) in [6, 6.07) is 3.77. The Morgan fingerprint density at radius 2 is 2.00 bits per heavy atom. The maximum absolute atomic E-state index is 13.4. The Labute approximate surface area is 206 Å². The van der Waals surface area contributed by atoms with Crippen molar-refractivity contribution in [2.45, 2.75) is 58.2 Å². The van der Waals surface area contributed by atoms with Gasteiger partial charge in [-0.15, -0.1) is 0 Å². The van der Waals surface area contributed by atoms with E-state index in [2.05, 4.69) is 22.2 Å². The van der Waals surface area contributed by atoms with Crippen LogP contribution in [0.3, 0.4) is 0 Å². The zero-order chi connectivity index (χ0) is 25.5. The third-order valence-corrected chi connectivity index (χ3v) is 7.16. The molecule has 2 fully saturated rings. The number of carboxylic acid groups (broad SMARTS) is 1. The second kappa shape index (κ2) is 9.72.